The Kier molecular flexibility index (Phi) is 53.2. The van der Waals surface area contributed by atoms with Gasteiger partial charge in [0.25, 0.3) is 0 Å². The Morgan fingerprint density at radius 3 is 1.12 bits per heavy atom. The molecule has 0 aromatic heterocycles. The van der Waals surface area contributed by atoms with Gasteiger partial charge in [-0.3, -0.25) is 9.59 Å². The molecule has 0 amide bonds. The van der Waals surface area contributed by atoms with Crippen molar-refractivity contribution in [1.82, 2.24) is 0 Å². The minimum atomic E-state index is -1.64. The molecular formula is C67H109NO8. The Hall–Kier alpha value is -4.57. The SMILES string of the molecule is CC/C=C\C/C=C\C/C=C\C/C=C\C/C=C\C/C=C\C/C=C\C/C=C\C/C=C\CCCCCCCCCC(=O)OC(COC(=O)CCCCCCC/C=C\C/C=C\CCCCCC)COC(OCC[N+](C)(C)C)C(=O)[O-]. The van der Waals surface area contributed by atoms with Crippen LogP contribution in [0.5, 0.6) is 0 Å². The third-order valence-electron chi connectivity index (χ3n) is 12.1. The summed E-state index contributed by atoms with van der Waals surface area (Å²) < 4.78 is 22.6. The highest BCUT2D eigenvalue weighted by atomic mass is 16.7. The Balaban J connectivity index is 4.27. The van der Waals surface area contributed by atoms with Gasteiger partial charge in [-0.05, 0) is 116 Å². The second-order valence-electron chi connectivity index (χ2n) is 20.5. The summed E-state index contributed by atoms with van der Waals surface area (Å²) >= 11 is 0. The topological polar surface area (TPSA) is 111 Å². The van der Waals surface area contributed by atoms with Crippen LogP contribution in [0.2, 0.25) is 0 Å². The molecule has 0 bridgehead atoms. The zero-order valence-electron chi connectivity index (χ0n) is 48.8. The first-order valence-corrected chi connectivity index (χ1v) is 29.8. The summed E-state index contributed by atoms with van der Waals surface area (Å²) in [6.45, 7) is 4.56. The van der Waals surface area contributed by atoms with Crippen molar-refractivity contribution in [2.75, 3.05) is 47.5 Å². The van der Waals surface area contributed by atoms with Crippen molar-refractivity contribution in [2.24, 2.45) is 0 Å². The van der Waals surface area contributed by atoms with Crippen molar-refractivity contribution >= 4 is 17.9 Å². The van der Waals surface area contributed by atoms with Gasteiger partial charge in [0.2, 0.25) is 0 Å². The predicted octanol–water partition coefficient (Wildman–Crippen LogP) is 16.5. The lowest BCUT2D eigenvalue weighted by atomic mass is 10.1. The fourth-order valence-corrected chi connectivity index (χ4v) is 7.56. The molecule has 0 rings (SSSR count). The first-order valence-electron chi connectivity index (χ1n) is 29.8. The van der Waals surface area contributed by atoms with E-state index in [-0.39, 0.29) is 38.6 Å². The van der Waals surface area contributed by atoms with Gasteiger partial charge in [0, 0.05) is 12.8 Å². The predicted molar refractivity (Wildman–Crippen MR) is 319 cm³/mol. The van der Waals surface area contributed by atoms with Crippen LogP contribution in [0.4, 0.5) is 0 Å². The smallest absolute Gasteiger partial charge is 0.306 e. The molecule has 9 nitrogen and oxygen atoms in total. The van der Waals surface area contributed by atoms with Crippen LogP contribution in [-0.2, 0) is 33.3 Å². The summed E-state index contributed by atoms with van der Waals surface area (Å²) in [6, 6.07) is 0. The number of ether oxygens (including phenoxy) is 4. The normalized spacial score (nSPS) is 13.8. The molecule has 2 unspecified atom stereocenters. The highest BCUT2D eigenvalue weighted by molar-refractivity contribution is 5.70. The Labute approximate surface area is 465 Å². The van der Waals surface area contributed by atoms with E-state index in [1.807, 2.05) is 21.1 Å². The number of likely N-dealkylation sites (N-methyl/N-ethyl adjacent to an activating group) is 1. The van der Waals surface area contributed by atoms with Crippen LogP contribution in [0.25, 0.3) is 0 Å². The van der Waals surface area contributed by atoms with Crippen molar-refractivity contribution in [2.45, 2.75) is 225 Å². The lowest BCUT2D eigenvalue weighted by Gasteiger charge is -2.26. The minimum absolute atomic E-state index is 0.136. The van der Waals surface area contributed by atoms with E-state index in [1.54, 1.807) is 0 Å². The molecule has 0 aliphatic heterocycles. The number of hydrogen-bond acceptors (Lipinski definition) is 8. The van der Waals surface area contributed by atoms with E-state index in [0.29, 0.717) is 23.9 Å². The number of quaternary nitrogens is 1. The molecule has 0 aromatic rings. The van der Waals surface area contributed by atoms with Crippen LogP contribution in [0, 0.1) is 0 Å². The molecule has 9 heteroatoms. The number of carbonyl (C=O) groups is 3. The number of rotatable bonds is 53. The monoisotopic (exact) mass is 1060 g/mol. The Morgan fingerprint density at radius 2 is 0.750 bits per heavy atom. The molecular weight excluding hydrogens is 947 g/mol. The van der Waals surface area contributed by atoms with E-state index >= 15 is 0 Å². The number of carboxylic acids is 1. The average Bonchev–Trinajstić information content (AvgIpc) is 3.39. The number of aliphatic carboxylic acids is 1. The van der Waals surface area contributed by atoms with E-state index in [1.165, 1.54) is 51.4 Å². The Bertz CT molecular complexity index is 1700. The second kappa shape index (κ2) is 56.6. The lowest BCUT2D eigenvalue weighted by Crippen LogP contribution is -2.44. The van der Waals surface area contributed by atoms with Crippen LogP contribution < -0.4 is 5.11 Å². The summed E-state index contributed by atoms with van der Waals surface area (Å²) in [5, 5.41) is 11.8. The molecule has 0 fully saturated rings. The summed E-state index contributed by atoms with van der Waals surface area (Å²) in [5.41, 5.74) is 0. The average molecular weight is 1060 g/mol. The Morgan fingerprint density at radius 1 is 0.408 bits per heavy atom. The lowest BCUT2D eigenvalue weighted by molar-refractivity contribution is -0.870. The standard InChI is InChI=1S/C67H109NO8/c1-6-8-10-12-14-16-18-20-22-24-25-26-27-28-29-30-31-32-33-34-35-36-37-38-39-40-41-42-44-46-48-50-52-54-56-58-65(70)76-63(62-75-67(66(71)72)73-60-59-68(3,4)5)61-74-64(69)57-55-53-51-49-47-45-43-23-21-19-17-15-13-11-9-7-2/h8,10,14,16-17,19-20,22-23,25-26,28-29,31-32,34-35,37-38,40-41,43,63,67H,6-7,9,11-13,15,18,21,24,27,30,33,36,39,42,44-62H2,1-5H3/b10-8-,16-14-,19-17-,22-20-,26-25-,29-28-,32-31-,35-34-,38-37-,41-40-,43-23-. The number of esters is 2. The molecule has 0 aromatic carbocycles. The van der Waals surface area contributed by atoms with Gasteiger partial charge >= 0.3 is 11.9 Å². The summed E-state index contributed by atoms with van der Waals surface area (Å²) in [6.07, 6.45) is 77.8. The van der Waals surface area contributed by atoms with Crippen molar-refractivity contribution in [3.63, 3.8) is 0 Å². The third kappa shape index (κ3) is 57.1. The van der Waals surface area contributed by atoms with Gasteiger partial charge in [0.1, 0.15) is 13.2 Å². The maximum atomic E-state index is 12.9. The fraction of sp³-hybridized carbons (Fsp3) is 0.627. The van der Waals surface area contributed by atoms with Gasteiger partial charge in [-0.25, -0.2) is 0 Å². The van der Waals surface area contributed by atoms with Crippen molar-refractivity contribution in [1.29, 1.82) is 0 Å². The van der Waals surface area contributed by atoms with E-state index in [9.17, 15) is 19.5 Å². The summed E-state index contributed by atoms with van der Waals surface area (Å²) in [4.78, 5) is 37.3. The van der Waals surface area contributed by atoms with Crippen LogP contribution in [0.1, 0.15) is 213 Å². The number of unbranched alkanes of at least 4 members (excludes halogenated alkanes) is 16. The third-order valence-corrected chi connectivity index (χ3v) is 12.1. The molecule has 0 spiro atoms. The summed E-state index contributed by atoms with van der Waals surface area (Å²) in [5.74, 6) is -2.33. The first kappa shape index (κ1) is 71.4. The van der Waals surface area contributed by atoms with Gasteiger partial charge in [-0.1, -0.05) is 218 Å². The van der Waals surface area contributed by atoms with E-state index in [4.69, 9.17) is 18.9 Å². The van der Waals surface area contributed by atoms with Gasteiger partial charge < -0.3 is 33.3 Å². The molecule has 430 valence electrons. The highest BCUT2D eigenvalue weighted by Crippen LogP contribution is 2.13. The first-order chi connectivity index (χ1) is 37.1. The minimum Gasteiger partial charge on any atom is -0.545 e. The van der Waals surface area contributed by atoms with Crippen molar-refractivity contribution in [3.05, 3.63) is 134 Å². The van der Waals surface area contributed by atoms with Crippen LogP contribution in [0.3, 0.4) is 0 Å². The highest BCUT2D eigenvalue weighted by Gasteiger charge is 2.22. The molecule has 76 heavy (non-hydrogen) atoms. The molecule has 0 radical (unpaired) electrons. The molecule has 0 heterocycles. The number of nitrogens with zero attached hydrogens (tertiary/aromatic N) is 1. The quantitative estimate of drug-likeness (QED) is 0.0195. The summed E-state index contributed by atoms with van der Waals surface area (Å²) in [7, 11) is 5.90. The fourth-order valence-electron chi connectivity index (χ4n) is 7.56. The van der Waals surface area contributed by atoms with Gasteiger partial charge in [-0.15, -0.1) is 0 Å². The number of allylic oxidation sites excluding steroid dienone is 22. The van der Waals surface area contributed by atoms with E-state index in [0.717, 1.165) is 122 Å². The van der Waals surface area contributed by atoms with Gasteiger partial charge in [0.15, 0.2) is 12.4 Å². The van der Waals surface area contributed by atoms with Gasteiger partial charge in [0.05, 0.1) is 40.3 Å². The zero-order valence-corrected chi connectivity index (χ0v) is 48.8. The molecule has 0 aliphatic rings. The molecule has 0 aliphatic carbocycles. The number of hydrogen-bond donors (Lipinski definition) is 0. The van der Waals surface area contributed by atoms with Crippen LogP contribution in [0.15, 0.2) is 134 Å². The molecule has 0 saturated carbocycles. The van der Waals surface area contributed by atoms with Crippen LogP contribution in [-0.4, -0.2) is 82.3 Å². The number of carboxylic acid groups (broad SMARTS) is 1. The number of carbonyl (C=O) groups excluding carboxylic acids is 3. The molecule has 2 atom stereocenters. The van der Waals surface area contributed by atoms with E-state index in [2.05, 4.69) is 148 Å². The molecule has 0 saturated heterocycles. The van der Waals surface area contributed by atoms with Crippen molar-refractivity contribution in [3.8, 4) is 0 Å². The van der Waals surface area contributed by atoms with Gasteiger partial charge in [-0.2, -0.15) is 0 Å². The van der Waals surface area contributed by atoms with E-state index < -0.39 is 24.3 Å². The maximum Gasteiger partial charge on any atom is 0.306 e. The van der Waals surface area contributed by atoms with Crippen molar-refractivity contribution < 1.29 is 42.9 Å². The zero-order chi connectivity index (χ0) is 55.5. The maximum absolute atomic E-state index is 12.9. The largest absolute Gasteiger partial charge is 0.545 e. The van der Waals surface area contributed by atoms with Crippen LogP contribution >= 0.6 is 0 Å². The second-order valence-corrected chi connectivity index (χ2v) is 20.5. The molecule has 0 N–H and O–H groups in total.